The number of aryl methyl sites for hydroxylation is 1. The van der Waals surface area contributed by atoms with Crippen molar-refractivity contribution in [2.24, 2.45) is 0 Å². The molecule has 0 aliphatic heterocycles. The van der Waals surface area contributed by atoms with E-state index in [0.29, 0.717) is 0 Å². The van der Waals surface area contributed by atoms with Crippen molar-refractivity contribution in [3.05, 3.63) is 65.5 Å². The van der Waals surface area contributed by atoms with Crippen LogP contribution in [0.25, 0.3) is 0 Å². The van der Waals surface area contributed by atoms with Gasteiger partial charge in [0.15, 0.2) is 0 Å². The third kappa shape index (κ3) is 3.17. The number of halogens is 1. The molecule has 0 aliphatic carbocycles. The highest BCUT2D eigenvalue weighted by molar-refractivity contribution is 8.93. The van der Waals surface area contributed by atoms with Crippen molar-refractivity contribution in [1.82, 2.24) is 4.98 Å². The summed E-state index contributed by atoms with van der Waals surface area (Å²) in [4.78, 5) is 4.16. The Morgan fingerprint density at radius 1 is 1.00 bits per heavy atom. The molecule has 0 fully saturated rings. The fourth-order valence-corrected chi connectivity index (χ4v) is 1.76. The molecule has 2 heteroatoms. The van der Waals surface area contributed by atoms with E-state index >= 15 is 0 Å². The number of aromatic nitrogens is 1. The summed E-state index contributed by atoms with van der Waals surface area (Å²) in [6.07, 6.45) is 5.90. The van der Waals surface area contributed by atoms with E-state index in [9.17, 15) is 0 Å². The van der Waals surface area contributed by atoms with Crippen LogP contribution in [0.1, 0.15) is 23.6 Å². The number of benzene rings is 1. The number of hydrogen-bond acceptors (Lipinski definition) is 1. The Hall–Kier alpha value is -1.15. The Morgan fingerprint density at radius 3 is 2.44 bits per heavy atom. The van der Waals surface area contributed by atoms with E-state index in [4.69, 9.17) is 0 Å². The highest BCUT2D eigenvalue weighted by Crippen LogP contribution is 2.13. The van der Waals surface area contributed by atoms with Gasteiger partial charge in [-0.05, 0) is 35.6 Å². The lowest BCUT2D eigenvalue weighted by atomic mass is 10.0. The minimum atomic E-state index is 0. The van der Waals surface area contributed by atoms with E-state index in [1.165, 1.54) is 16.7 Å². The molecule has 2 aromatic rings. The lowest BCUT2D eigenvalue weighted by Crippen LogP contribution is -1.95. The zero-order valence-corrected chi connectivity index (χ0v) is 11.1. The summed E-state index contributed by atoms with van der Waals surface area (Å²) in [5.74, 6) is 0. The van der Waals surface area contributed by atoms with Crippen molar-refractivity contribution in [3.8, 4) is 0 Å². The first-order valence-electron chi connectivity index (χ1n) is 5.36. The second-order valence-electron chi connectivity index (χ2n) is 3.66. The second-order valence-corrected chi connectivity index (χ2v) is 3.66. The zero-order valence-electron chi connectivity index (χ0n) is 9.39. The average Bonchev–Trinajstić information content (AvgIpc) is 2.31. The molecule has 0 saturated heterocycles. The van der Waals surface area contributed by atoms with Gasteiger partial charge >= 0.3 is 0 Å². The highest BCUT2D eigenvalue weighted by atomic mass is 79.9. The van der Waals surface area contributed by atoms with Crippen LogP contribution in [0.4, 0.5) is 0 Å². The van der Waals surface area contributed by atoms with Crippen LogP contribution in [0.2, 0.25) is 0 Å². The minimum absolute atomic E-state index is 0. The van der Waals surface area contributed by atoms with E-state index in [1.807, 2.05) is 12.4 Å². The number of nitrogens with zero attached hydrogens (tertiary/aromatic N) is 1. The maximum absolute atomic E-state index is 4.16. The van der Waals surface area contributed by atoms with E-state index in [-0.39, 0.29) is 17.0 Å². The molecule has 0 unspecified atom stereocenters. The first-order chi connectivity index (χ1) is 7.40. The van der Waals surface area contributed by atoms with E-state index in [0.717, 1.165) is 12.8 Å². The zero-order chi connectivity index (χ0) is 10.5. The molecule has 0 aliphatic rings. The van der Waals surface area contributed by atoms with Gasteiger partial charge < -0.3 is 0 Å². The first kappa shape index (κ1) is 12.9. The largest absolute Gasteiger partial charge is 0.264 e. The summed E-state index contributed by atoms with van der Waals surface area (Å²) >= 11 is 0. The predicted octanol–water partition coefficient (Wildman–Crippen LogP) is 3.81. The topological polar surface area (TPSA) is 12.9 Å². The molecule has 1 aromatic carbocycles. The Morgan fingerprint density at radius 2 is 1.75 bits per heavy atom. The van der Waals surface area contributed by atoms with E-state index in [1.54, 1.807) is 0 Å². The molecule has 0 spiro atoms. The van der Waals surface area contributed by atoms with E-state index < -0.39 is 0 Å². The molecule has 16 heavy (non-hydrogen) atoms. The molecular weight excluding hydrogens is 262 g/mol. The molecule has 2 rings (SSSR count). The third-order valence-electron chi connectivity index (χ3n) is 2.62. The predicted molar refractivity (Wildman–Crippen MR) is 73.2 cm³/mol. The smallest absolute Gasteiger partial charge is 0.0302 e. The van der Waals surface area contributed by atoms with Gasteiger partial charge in [-0.25, -0.2) is 0 Å². The van der Waals surface area contributed by atoms with Gasteiger partial charge in [-0.15, -0.1) is 17.0 Å². The summed E-state index contributed by atoms with van der Waals surface area (Å²) in [5, 5.41) is 0. The van der Waals surface area contributed by atoms with Gasteiger partial charge in [0.05, 0.1) is 0 Å². The quantitative estimate of drug-likeness (QED) is 0.832. The van der Waals surface area contributed by atoms with Crippen LogP contribution < -0.4 is 0 Å². The normalized spacial score (nSPS) is 9.56. The molecule has 0 radical (unpaired) electrons. The molecule has 1 heterocycles. The number of rotatable bonds is 3. The molecule has 84 valence electrons. The summed E-state index contributed by atoms with van der Waals surface area (Å²) in [6.45, 7) is 2.17. The van der Waals surface area contributed by atoms with Crippen LogP contribution in [0.3, 0.4) is 0 Å². The Balaban J connectivity index is 0.00000128. The van der Waals surface area contributed by atoms with Crippen molar-refractivity contribution in [3.63, 3.8) is 0 Å². The maximum atomic E-state index is 4.16. The van der Waals surface area contributed by atoms with Crippen LogP contribution in [0, 0.1) is 0 Å². The monoisotopic (exact) mass is 277 g/mol. The lowest BCUT2D eigenvalue weighted by molar-refractivity contribution is 1.03. The number of hydrogen-bond donors (Lipinski definition) is 0. The average molecular weight is 278 g/mol. The SMILES string of the molecule is Br.CCc1cnccc1Cc1ccccc1. The molecule has 1 nitrogen and oxygen atoms in total. The van der Waals surface area contributed by atoms with Gasteiger partial charge in [0, 0.05) is 12.4 Å². The molecular formula is C14H16BrN. The van der Waals surface area contributed by atoms with Crippen molar-refractivity contribution < 1.29 is 0 Å². The molecule has 0 atom stereocenters. The van der Waals surface area contributed by atoms with Gasteiger partial charge in [0.25, 0.3) is 0 Å². The lowest BCUT2D eigenvalue weighted by Gasteiger charge is -2.06. The van der Waals surface area contributed by atoms with Gasteiger partial charge in [-0.2, -0.15) is 0 Å². The Bertz CT molecular complexity index is 426. The molecule has 0 N–H and O–H groups in total. The van der Waals surface area contributed by atoms with Gasteiger partial charge in [0.2, 0.25) is 0 Å². The molecule has 1 aromatic heterocycles. The maximum Gasteiger partial charge on any atom is 0.0302 e. The van der Waals surface area contributed by atoms with Crippen molar-refractivity contribution >= 4 is 17.0 Å². The summed E-state index contributed by atoms with van der Waals surface area (Å²) in [5.41, 5.74) is 4.10. The highest BCUT2D eigenvalue weighted by Gasteiger charge is 2.00. The van der Waals surface area contributed by atoms with Crippen molar-refractivity contribution in [1.29, 1.82) is 0 Å². The summed E-state index contributed by atoms with van der Waals surface area (Å²) in [6, 6.07) is 12.7. The Labute approximate surface area is 107 Å². The second kappa shape index (κ2) is 6.44. The summed E-state index contributed by atoms with van der Waals surface area (Å²) in [7, 11) is 0. The van der Waals surface area contributed by atoms with Crippen LogP contribution in [0.15, 0.2) is 48.8 Å². The molecule has 0 bridgehead atoms. The van der Waals surface area contributed by atoms with Crippen LogP contribution in [-0.2, 0) is 12.8 Å². The minimum Gasteiger partial charge on any atom is -0.264 e. The van der Waals surface area contributed by atoms with Crippen LogP contribution >= 0.6 is 17.0 Å². The Kier molecular flexibility index (Phi) is 5.20. The first-order valence-corrected chi connectivity index (χ1v) is 5.36. The van der Waals surface area contributed by atoms with Crippen LogP contribution in [-0.4, -0.2) is 4.98 Å². The molecule has 0 saturated carbocycles. The fourth-order valence-electron chi connectivity index (χ4n) is 1.76. The van der Waals surface area contributed by atoms with E-state index in [2.05, 4.69) is 48.3 Å². The third-order valence-corrected chi connectivity index (χ3v) is 2.62. The van der Waals surface area contributed by atoms with Gasteiger partial charge in [-0.1, -0.05) is 37.3 Å². The van der Waals surface area contributed by atoms with Crippen molar-refractivity contribution in [2.75, 3.05) is 0 Å². The summed E-state index contributed by atoms with van der Waals surface area (Å²) < 4.78 is 0. The standard InChI is InChI=1S/C14H15N.BrH/c1-2-13-11-15-9-8-14(13)10-12-6-4-3-5-7-12;/h3-9,11H,2,10H2,1H3;1H. The van der Waals surface area contributed by atoms with Crippen LogP contribution in [0.5, 0.6) is 0 Å². The molecule has 0 amide bonds. The van der Waals surface area contributed by atoms with Gasteiger partial charge in [0.1, 0.15) is 0 Å². The van der Waals surface area contributed by atoms with Gasteiger partial charge in [-0.3, -0.25) is 4.98 Å². The fraction of sp³-hybridized carbons (Fsp3) is 0.214. The number of pyridine rings is 1. The van der Waals surface area contributed by atoms with Crippen molar-refractivity contribution in [2.45, 2.75) is 19.8 Å².